The molecule has 0 rings (SSSR count). The highest BCUT2D eigenvalue weighted by Gasteiger charge is 2.19. The Morgan fingerprint density at radius 3 is 2.18 bits per heavy atom. The molecule has 2 nitrogen and oxygen atoms in total. The average molecular weight is 162 g/mol. The topological polar surface area (TPSA) is 37.3 Å². The van der Waals surface area contributed by atoms with Crippen molar-refractivity contribution in [1.82, 2.24) is 0 Å². The molecule has 1 atom stereocenters. The minimum Gasteiger partial charge on any atom is -0.479 e. The normalized spacial score (nSPS) is 13.5. The van der Waals surface area contributed by atoms with Crippen LogP contribution in [0.3, 0.4) is 0 Å². The van der Waals surface area contributed by atoms with Gasteiger partial charge in [-0.15, -0.1) is 0 Å². The molecule has 66 valence electrons. The van der Waals surface area contributed by atoms with Gasteiger partial charge in [-0.05, 0) is 12.3 Å². The second kappa shape index (κ2) is 5.10. The molecule has 0 aliphatic rings. The number of hydrogen-bond donors (Lipinski definition) is 1. The Kier molecular flexibility index (Phi) is 4.83. The molecule has 0 saturated heterocycles. The SMILES string of the molecule is CCC(CC)CC(F)C(=O)O. The summed E-state index contributed by atoms with van der Waals surface area (Å²) in [6, 6.07) is 0. The van der Waals surface area contributed by atoms with Crippen LogP contribution in [-0.4, -0.2) is 17.2 Å². The molecular formula is C8H15FO2. The molecule has 0 aromatic rings. The van der Waals surface area contributed by atoms with Crippen molar-refractivity contribution in [3.63, 3.8) is 0 Å². The summed E-state index contributed by atoms with van der Waals surface area (Å²) in [5.41, 5.74) is 0. The van der Waals surface area contributed by atoms with Gasteiger partial charge in [0.2, 0.25) is 0 Å². The van der Waals surface area contributed by atoms with Crippen LogP contribution in [0.5, 0.6) is 0 Å². The molecule has 1 unspecified atom stereocenters. The van der Waals surface area contributed by atoms with Crippen molar-refractivity contribution in [2.75, 3.05) is 0 Å². The molecule has 0 fully saturated rings. The van der Waals surface area contributed by atoms with Crippen molar-refractivity contribution in [3.05, 3.63) is 0 Å². The van der Waals surface area contributed by atoms with Crippen LogP contribution in [-0.2, 0) is 4.79 Å². The van der Waals surface area contributed by atoms with Crippen LogP contribution >= 0.6 is 0 Å². The lowest BCUT2D eigenvalue weighted by Crippen LogP contribution is -2.18. The van der Waals surface area contributed by atoms with E-state index < -0.39 is 12.1 Å². The van der Waals surface area contributed by atoms with Gasteiger partial charge < -0.3 is 5.11 Å². The van der Waals surface area contributed by atoms with E-state index in [9.17, 15) is 9.18 Å². The van der Waals surface area contributed by atoms with E-state index in [4.69, 9.17) is 5.11 Å². The predicted molar refractivity (Wildman–Crippen MR) is 41.2 cm³/mol. The average Bonchev–Trinajstić information content (AvgIpc) is 1.99. The summed E-state index contributed by atoms with van der Waals surface area (Å²) >= 11 is 0. The molecule has 1 N–H and O–H groups in total. The monoisotopic (exact) mass is 162 g/mol. The third-order valence-electron chi connectivity index (χ3n) is 1.96. The molecule has 0 bridgehead atoms. The van der Waals surface area contributed by atoms with Gasteiger partial charge in [0.1, 0.15) is 0 Å². The van der Waals surface area contributed by atoms with E-state index >= 15 is 0 Å². The Balaban J connectivity index is 3.71. The van der Waals surface area contributed by atoms with Gasteiger partial charge in [0, 0.05) is 0 Å². The number of carboxylic acid groups (broad SMARTS) is 1. The van der Waals surface area contributed by atoms with Gasteiger partial charge in [0.15, 0.2) is 6.17 Å². The number of aliphatic carboxylic acids is 1. The number of carboxylic acids is 1. The maximum atomic E-state index is 12.6. The van der Waals surface area contributed by atoms with E-state index in [1.54, 1.807) is 0 Å². The van der Waals surface area contributed by atoms with Gasteiger partial charge >= 0.3 is 5.97 Å². The zero-order chi connectivity index (χ0) is 8.85. The van der Waals surface area contributed by atoms with Crippen molar-refractivity contribution in [3.8, 4) is 0 Å². The minimum absolute atomic E-state index is 0.155. The first-order valence-corrected chi connectivity index (χ1v) is 3.98. The van der Waals surface area contributed by atoms with Crippen molar-refractivity contribution in [2.24, 2.45) is 5.92 Å². The van der Waals surface area contributed by atoms with Gasteiger partial charge in [0.05, 0.1) is 0 Å². The highest BCUT2D eigenvalue weighted by atomic mass is 19.1. The lowest BCUT2D eigenvalue weighted by atomic mass is 9.97. The highest BCUT2D eigenvalue weighted by Crippen LogP contribution is 2.16. The van der Waals surface area contributed by atoms with Crippen LogP contribution in [0.4, 0.5) is 4.39 Å². The molecular weight excluding hydrogens is 147 g/mol. The van der Waals surface area contributed by atoms with Gasteiger partial charge in [0.25, 0.3) is 0 Å². The largest absolute Gasteiger partial charge is 0.479 e. The van der Waals surface area contributed by atoms with Crippen molar-refractivity contribution < 1.29 is 14.3 Å². The van der Waals surface area contributed by atoms with Gasteiger partial charge in [-0.3, -0.25) is 0 Å². The third kappa shape index (κ3) is 3.96. The van der Waals surface area contributed by atoms with Crippen LogP contribution in [0.25, 0.3) is 0 Å². The molecule has 0 radical (unpaired) electrons. The van der Waals surface area contributed by atoms with E-state index in [1.165, 1.54) is 0 Å². The molecule has 0 saturated carbocycles. The Labute approximate surface area is 66.4 Å². The summed E-state index contributed by atoms with van der Waals surface area (Å²) in [4.78, 5) is 10.1. The molecule has 11 heavy (non-hydrogen) atoms. The van der Waals surface area contributed by atoms with Gasteiger partial charge in [-0.25, -0.2) is 9.18 Å². The Morgan fingerprint density at radius 1 is 1.45 bits per heavy atom. The molecule has 0 aliphatic heterocycles. The fourth-order valence-electron chi connectivity index (χ4n) is 1.02. The van der Waals surface area contributed by atoms with Crippen LogP contribution in [0, 0.1) is 5.92 Å². The molecule has 0 aliphatic carbocycles. The van der Waals surface area contributed by atoms with E-state index in [2.05, 4.69) is 0 Å². The summed E-state index contributed by atoms with van der Waals surface area (Å²) in [5, 5.41) is 8.25. The zero-order valence-corrected chi connectivity index (χ0v) is 7.01. The lowest BCUT2D eigenvalue weighted by Gasteiger charge is -2.12. The number of rotatable bonds is 5. The van der Waals surface area contributed by atoms with Crippen LogP contribution in [0.15, 0.2) is 0 Å². The summed E-state index contributed by atoms with van der Waals surface area (Å²) in [6.07, 6.45) is 0.177. The van der Waals surface area contributed by atoms with Crippen LogP contribution < -0.4 is 0 Å². The Bertz CT molecular complexity index is 121. The number of carbonyl (C=O) groups is 1. The third-order valence-corrected chi connectivity index (χ3v) is 1.96. The first-order chi connectivity index (χ1) is 5.11. The Hall–Kier alpha value is -0.600. The molecule has 0 aromatic carbocycles. The highest BCUT2D eigenvalue weighted by molar-refractivity contribution is 5.71. The van der Waals surface area contributed by atoms with Gasteiger partial charge in [-0.2, -0.15) is 0 Å². The quantitative estimate of drug-likeness (QED) is 0.673. The van der Waals surface area contributed by atoms with E-state index in [0.29, 0.717) is 0 Å². The zero-order valence-electron chi connectivity index (χ0n) is 7.01. The fraction of sp³-hybridized carbons (Fsp3) is 0.875. The number of halogens is 1. The number of alkyl halides is 1. The van der Waals surface area contributed by atoms with Crippen LogP contribution in [0.1, 0.15) is 33.1 Å². The van der Waals surface area contributed by atoms with E-state index in [-0.39, 0.29) is 12.3 Å². The molecule has 3 heteroatoms. The minimum atomic E-state index is -1.68. The second-order valence-electron chi connectivity index (χ2n) is 2.72. The molecule has 0 heterocycles. The summed E-state index contributed by atoms with van der Waals surface area (Å²) in [5.74, 6) is -1.13. The number of hydrogen-bond acceptors (Lipinski definition) is 1. The summed E-state index contributed by atoms with van der Waals surface area (Å²) < 4.78 is 12.6. The van der Waals surface area contributed by atoms with E-state index in [1.807, 2.05) is 13.8 Å². The molecule has 0 aromatic heterocycles. The van der Waals surface area contributed by atoms with Crippen LogP contribution in [0.2, 0.25) is 0 Å². The first kappa shape index (κ1) is 10.4. The van der Waals surface area contributed by atoms with Crippen molar-refractivity contribution >= 4 is 5.97 Å². The standard InChI is InChI=1S/C8H15FO2/c1-3-6(4-2)5-7(9)8(10)11/h6-7H,3-5H2,1-2H3,(H,10,11). The smallest absolute Gasteiger partial charge is 0.338 e. The molecule has 0 spiro atoms. The van der Waals surface area contributed by atoms with Crippen molar-refractivity contribution in [1.29, 1.82) is 0 Å². The fourth-order valence-corrected chi connectivity index (χ4v) is 1.02. The lowest BCUT2D eigenvalue weighted by molar-refractivity contribution is -0.143. The summed E-state index contributed by atoms with van der Waals surface area (Å²) in [7, 11) is 0. The maximum Gasteiger partial charge on any atom is 0.338 e. The maximum absolute atomic E-state index is 12.6. The Morgan fingerprint density at radius 2 is 1.91 bits per heavy atom. The molecule has 0 amide bonds. The second-order valence-corrected chi connectivity index (χ2v) is 2.72. The summed E-state index contributed by atoms with van der Waals surface area (Å²) in [6.45, 7) is 3.89. The predicted octanol–water partition coefficient (Wildman–Crippen LogP) is 2.24. The van der Waals surface area contributed by atoms with Crippen molar-refractivity contribution in [2.45, 2.75) is 39.3 Å². The van der Waals surface area contributed by atoms with E-state index in [0.717, 1.165) is 12.8 Å². The van der Waals surface area contributed by atoms with Gasteiger partial charge in [-0.1, -0.05) is 26.7 Å². The first-order valence-electron chi connectivity index (χ1n) is 3.98.